The lowest BCUT2D eigenvalue weighted by molar-refractivity contribution is -0.115. The third-order valence-corrected chi connectivity index (χ3v) is 5.44. The van der Waals surface area contributed by atoms with Crippen LogP contribution in [0.25, 0.3) is 10.4 Å². The van der Waals surface area contributed by atoms with Gasteiger partial charge in [0.2, 0.25) is 5.91 Å². The van der Waals surface area contributed by atoms with Gasteiger partial charge in [-0.3, -0.25) is 9.59 Å². The fourth-order valence-electron chi connectivity index (χ4n) is 3.07. The molecule has 0 aliphatic rings. The number of carbonyl (C=O) groups is 2. The molecule has 28 heavy (non-hydrogen) atoms. The van der Waals surface area contributed by atoms with Crippen LogP contribution in [0.2, 0.25) is 0 Å². The van der Waals surface area contributed by atoms with Crippen molar-refractivity contribution in [2.45, 2.75) is 20.8 Å². The van der Waals surface area contributed by atoms with Gasteiger partial charge in [0, 0.05) is 16.1 Å². The minimum Gasteiger partial charge on any atom is -0.342 e. The highest BCUT2D eigenvalue weighted by Crippen LogP contribution is 2.30. The molecule has 1 heterocycles. The van der Waals surface area contributed by atoms with Crippen LogP contribution < -0.4 is 10.6 Å². The van der Waals surface area contributed by atoms with E-state index in [1.807, 2.05) is 32.9 Å². The first-order valence-electron chi connectivity index (χ1n) is 8.86. The molecule has 0 fully saturated rings. The molecule has 0 radical (unpaired) electrons. The number of aryl methyl sites for hydroxylation is 3. The van der Waals surface area contributed by atoms with E-state index in [0.717, 1.165) is 22.4 Å². The predicted molar refractivity (Wildman–Crippen MR) is 111 cm³/mol. The summed E-state index contributed by atoms with van der Waals surface area (Å²) in [5.74, 6) is -0.992. The molecule has 2 aromatic carbocycles. The number of nitrogens with one attached hydrogen (secondary N) is 2. The second-order valence-corrected chi connectivity index (χ2v) is 7.73. The van der Waals surface area contributed by atoms with Crippen LogP contribution in [0.3, 0.4) is 0 Å². The maximum atomic E-state index is 13.9. The van der Waals surface area contributed by atoms with E-state index < -0.39 is 0 Å². The molecule has 3 rings (SSSR count). The highest BCUT2D eigenvalue weighted by atomic mass is 32.1. The van der Waals surface area contributed by atoms with Crippen LogP contribution in [0.5, 0.6) is 0 Å². The molecule has 0 spiro atoms. The SMILES string of the molecule is Cc1cc(C)c(NC(=O)CNC(=O)c2ccc(-c3ccccc3F)s2)c(C)c1. The van der Waals surface area contributed by atoms with Crippen LogP contribution >= 0.6 is 11.3 Å². The standard InChI is InChI=1S/C22H21FN2O2S/c1-13-10-14(2)21(15(3)11-13)25-20(26)12-24-22(27)19-9-8-18(28-19)16-6-4-5-7-17(16)23/h4-11H,12H2,1-3H3,(H,24,27)(H,25,26). The summed E-state index contributed by atoms with van der Waals surface area (Å²) in [4.78, 5) is 25.7. The number of halogens is 1. The molecule has 0 aliphatic carbocycles. The van der Waals surface area contributed by atoms with Crippen LogP contribution in [0.4, 0.5) is 10.1 Å². The Kier molecular flexibility index (Phi) is 5.90. The van der Waals surface area contributed by atoms with Gasteiger partial charge in [0.05, 0.1) is 11.4 Å². The Morgan fingerprint density at radius 1 is 1.00 bits per heavy atom. The maximum absolute atomic E-state index is 13.9. The normalized spacial score (nSPS) is 10.6. The largest absolute Gasteiger partial charge is 0.342 e. The molecule has 0 bridgehead atoms. The molecule has 0 saturated heterocycles. The molecule has 1 aromatic heterocycles. The second kappa shape index (κ2) is 8.35. The average molecular weight is 396 g/mol. The van der Waals surface area contributed by atoms with Crippen molar-refractivity contribution in [1.82, 2.24) is 5.32 Å². The van der Waals surface area contributed by atoms with E-state index in [-0.39, 0.29) is 24.2 Å². The first-order chi connectivity index (χ1) is 13.3. The minimum absolute atomic E-state index is 0.140. The topological polar surface area (TPSA) is 58.2 Å². The molecule has 6 heteroatoms. The number of benzene rings is 2. The van der Waals surface area contributed by atoms with E-state index in [1.54, 1.807) is 30.3 Å². The fraction of sp³-hybridized carbons (Fsp3) is 0.182. The molecule has 0 unspecified atom stereocenters. The molecule has 144 valence electrons. The number of hydrogen-bond acceptors (Lipinski definition) is 3. The zero-order valence-electron chi connectivity index (χ0n) is 15.9. The van der Waals surface area contributed by atoms with Crippen molar-refractivity contribution in [3.8, 4) is 10.4 Å². The number of carbonyl (C=O) groups excluding carboxylic acids is 2. The lowest BCUT2D eigenvalue weighted by Crippen LogP contribution is -2.32. The fourth-order valence-corrected chi connectivity index (χ4v) is 4.02. The van der Waals surface area contributed by atoms with Gasteiger partial charge in [-0.05, 0) is 50.1 Å². The van der Waals surface area contributed by atoms with Crippen LogP contribution in [0, 0.1) is 26.6 Å². The summed E-state index contributed by atoms with van der Waals surface area (Å²) in [6.07, 6.45) is 0. The third kappa shape index (κ3) is 4.46. The molecule has 3 aromatic rings. The Balaban J connectivity index is 1.62. The van der Waals surface area contributed by atoms with Crippen LogP contribution in [-0.2, 0) is 4.79 Å². The van der Waals surface area contributed by atoms with Crippen molar-refractivity contribution in [2.75, 3.05) is 11.9 Å². The Bertz CT molecular complexity index is 1020. The first-order valence-corrected chi connectivity index (χ1v) is 9.67. The maximum Gasteiger partial charge on any atom is 0.261 e. The average Bonchev–Trinajstić information content (AvgIpc) is 3.13. The highest BCUT2D eigenvalue weighted by molar-refractivity contribution is 7.17. The first kappa shape index (κ1) is 19.8. The lowest BCUT2D eigenvalue weighted by Gasteiger charge is -2.13. The van der Waals surface area contributed by atoms with E-state index in [4.69, 9.17) is 0 Å². The van der Waals surface area contributed by atoms with Crippen molar-refractivity contribution in [2.24, 2.45) is 0 Å². The molecule has 2 N–H and O–H groups in total. The molecule has 0 aliphatic heterocycles. The number of thiophene rings is 1. The quantitative estimate of drug-likeness (QED) is 0.648. The minimum atomic E-state index is -0.361. The Morgan fingerprint density at radius 3 is 2.36 bits per heavy atom. The molecule has 2 amide bonds. The van der Waals surface area contributed by atoms with Gasteiger partial charge in [-0.2, -0.15) is 0 Å². The molecule has 0 saturated carbocycles. The van der Waals surface area contributed by atoms with Gasteiger partial charge in [0.25, 0.3) is 5.91 Å². The van der Waals surface area contributed by atoms with E-state index in [1.165, 1.54) is 17.4 Å². The van der Waals surface area contributed by atoms with Gasteiger partial charge in [0.1, 0.15) is 5.82 Å². The van der Waals surface area contributed by atoms with Gasteiger partial charge in [-0.1, -0.05) is 35.9 Å². The number of anilines is 1. The molecule has 4 nitrogen and oxygen atoms in total. The van der Waals surface area contributed by atoms with Crippen LogP contribution in [0.1, 0.15) is 26.4 Å². The summed E-state index contributed by atoms with van der Waals surface area (Å²) in [5, 5.41) is 5.47. The monoisotopic (exact) mass is 396 g/mol. The summed E-state index contributed by atoms with van der Waals surface area (Å²) in [5.41, 5.74) is 4.30. The Labute approximate surface area is 167 Å². The number of amides is 2. The summed E-state index contributed by atoms with van der Waals surface area (Å²) in [6.45, 7) is 5.73. The summed E-state index contributed by atoms with van der Waals surface area (Å²) in [7, 11) is 0. The zero-order valence-corrected chi connectivity index (χ0v) is 16.7. The van der Waals surface area contributed by atoms with E-state index in [9.17, 15) is 14.0 Å². The summed E-state index contributed by atoms with van der Waals surface area (Å²) in [6, 6.07) is 13.8. The van der Waals surface area contributed by atoms with Crippen molar-refractivity contribution >= 4 is 28.8 Å². The van der Waals surface area contributed by atoms with Gasteiger partial charge in [0.15, 0.2) is 0 Å². The molecule has 0 atom stereocenters. The van der Waals surface area contributed by atoms with E-state index in [0.29, 0.717) is 15.3 Å². The van der Waals surface area contributed by atoms with Gasteiger partial charge < -0.3 is 10.6 Å². The predicted octanol–water partition coefficient (Wildman–Crippen LogP) is 4.85. The van der Waals surface area contributed by atoms with Crippen LogP contribution in [-0.4, -0.2) is 18.4 Å². The number of hydrogen-bond donors (Lipinski definition) is 2. The van der Waals surface area contributed by atoms with Crippen molar-refractivity contribution in [1.29, 1.82) is 0 Å². The Hall–Kier alpha value is -2.99. The van der Waals surface area contributed by atoms with Crippen LogP contribution in [0.15, 0.2) is 48.5 Å². The highest BCUT2D eigenvalue weighted by Gasteiger charge is 2.14. The van der Waals surface area contributed by atoms with Gasteiger partial charge >= 0.3 is 0 Å². The van der Waals surface area contributed by atoms with Gasteiger partial charge in [-0.15, -0.1) is 11.3 Å². The molecular formula is C22H21FN2O2S. The zero-order chi connectivity index (χ0) is 20.3. The summed E-state index contributed by atoms with van der Waals surface area (Å²) >= 11 is 1.19. The lowest BCUT2D eigenvalue weighted by atomic mass is 10.1. The van der Waals surface area contributed by atoms with Gasteiger partial charge in [-0.25, -0.2) is 4.39 Å². The van der Waals surface area contributed by atoms with Crippen molar-refractivity contribution in [3.63, 3.8) is 0 Å². The van der Waals surface area contributed by atoms with Crippen molar-refractivity contribution < 1.29 is 14.0 Å². The Morgan fingerprint density at radius 2 is 1.68 bits per heavy atom. The van der Waals surface area contributed by atoms with Crippen molar-refractivity contribution in [3.05, 3.63) is 75.9 Å². The van der Waals surface area contributed by atoms with E-state index in [2.05, 4.69) is 10.6 Å². The smallest absolute Gasteiger partial charge is 0.261 e. The third-order valence-electron chi connectivity index (χ3n) is 4.32. The molecular weight excluding hydrogens is 375 g/mol. The van der Waals surface area contributed by atoms with E-state index >= 15 is 0 Å². The number of rotatable bonds is 5. The summed E-state index contributed by atoms with van der Waals surface area (Å²) < 4.78 is 13.9. The second-order valence-electron chi connectivity index (χ2n) is 6.65.